The van der Waals surface area contributed by atoms with Gasteiger partial charge in [0.2, 0.25) is 0 Å². The van der Waals surface area contributed by atoms with Crippen molar-refractivity contribution in [2.24, 2.45) is 0 Å². The third-order valence-corrected chi connectivity index (χ3v) is 3.78. The summed E-state index contributed by atoms with van der Waals surface area (Å²) in [5.41, 5.74) is 2.49. The number of Topliss-reactive ketones (excluding diaryl/α,β-unsaturated/α-hetero) is 1. The molecule has 0 aliphatic carbocycles. The number of carbonyl (C=O) groups is 1. The summed E-state index contributed by atoms with van der Waals surface area (Å²) in [6, 6.07) is 6.24. The Bertz CT molecular complexity index is 376. The van der Waals surface area contributed by atoms with Crippen molar-refractivity contribution < 1.29 is 4.79 Å². The maximum Gasteiger partial charge on any atom is 0.153 e. The molecule has 0 unspecified atom stereocenters. The number of nitrogens with zero attached hydrogens (tertiary/aromatic N) is 1. The Hall–Kier alpha value is -0.580. The van der Waals surface area contributed by atoms with Crippen LogP contribution in [0.4, 0.5) is 5.69 Å². The Morgan fingerprint density at radius 1 is 1.43 bits per heavy atom. The third-order valence-electron chi connectivity index (χ3n) is 2.61. The largest absolute Gasteiger partial charge is 0.364 e. The molecule has 0 N–H and O–H groups in total. The van der Waals surface area contributed by atoms with Crippen LogP contribution in [0.5, 0.6) is 0 Å². The standard InChI is InChI=1S/C11H12INO/c1-8-10(12)3-2-4-11(8)13-6-5-9(14)7-13/h2-4H,5-7H2,1H3. The Labute approximate surface area is 97.4 Å². The fraction of sp³-hybridized carbons (Fsp3) is 0.364. The quantitative estimate of drug-likeness (QED) is 0.742. The minimum Gasteiger partial charge on any atom is -0.364 e. The van der Waals surface area contributed by atoms with E-state index in [1.165, 1.54) is 14.8 Å². The van der Waals surface area contributed by atoms with Crippen LogP contribution in [0.1, 0.15) is 12.0 Å². The molecule has 2 rings (SSSR count). The zero-order valence-electron chi connectivity index (χ0n) is 8.09. The van der Waals surface area contributed by atoms with E-state index in [1.54, 1.807) is 0 Å². The summed E-state index contributed by atoms with van der Waals surface area (Å²) in [7, 11) is 0. The molecule has 0 amide bonds. The van der Waals surface area contributed by atoms with Crippen LogP contribution in [0, 0.1) is 10.5 Å². The predicted molar refractivity (Wildman–Crippen MR) is 65.7 cm³/mol. The van der Waals surface area contributed by atoms with E-state index in [4.69, 9.17) is 0 Å². The van der Waals surface area contributed by atoms with E-state index in [2.05, 4.69) is 46.5 Å². The highest BCUT2D eigenvalue weighted by atomic mass is 127. The van der Waals surface area contributed by atoms with Gasteiger partial charge in [-0.25, -0.2) is 0 Å². The Kier molecular flexibility index (Phi) is 2.76. The minimum atomic E-state index is 0.350. The Morgan fingerprint density at radius 3 is 2.86 bits per heavy atom. The maximum absolute atomic E-state index is 11.2. The fourth-order valence-electron chi connectivity index (χ4n) is 1.77. The molecule has 74 valence electrons. The van der Waals surface area contributed by atoms with Gasteiger partial charge in [0.15, 0.2) is 5.78 Å². The number of ketones is 1. The summed E-state index contributed by atoms with van der Waals surface area (Å²) >= 11 is 2.33. The van der Waals surface area contributed by atoms with Crippen molar-refractivity contribution in [1.82, 2.24) is 0 Å². The van der Waals surface area contributed by atoms with Crippen molar-refractivity contribution in [2.45, 2.75) is 13.3 Å². The molecular formula is C11H12INO. The second kappa shape index (κ2) is 3.88. The molecule has 14 heavy (non-hydrogen) atoms. The monoisotopic (exact) mass is 301 g/mol. The summed E-state index contributed by atoms with van der Waals surface area (Å²) in [5.74, 6) is 0.350. The molecule has 1 aromatic carbocycles. The van der Waals surface area contributed by atoms with E-state index >= 15 is 0 Å². The molecule has 1 aromatic rings. The lowest BCUT2D eigenvalue weighted by Crippen LogP contribution is -2.20. The van der Waals surface area contributed by atoms with Gasteiger partial charge in [-0.2, -0.15) is 0 Å². The number of anilines is 1. The van der Waals surface area contributed by atoms with Crippen LogP contribution in [0.15, 0.2) is 18.2 Å². The van der Waals surface area contributed by atoms with Crippen molar-refractivity contribution in [3.63, 3.8) is 0 Å². The maximum atomic E-state index is 11.2. The number of halogens is 1. The molecular weight excluding hydrogens is 289 g/mol. The highest BCUT2D eigenvalue weighted by Crippen LogP contribution is 2.26. The lowest BCUT2D eigenvalue weighted by atomic mass is 10.2. The van der Waals surface area contributed by atoms with E-state index in [0.29, 0.717) is 18.7 Å². The first-order valence-corrected chi connectivity index (χ1v) is 5.78. The topological polar surface area (TPSA) is 20.3 Å². The van der Waals surface area contributed by atoms with Crippen molar-refractivity contribution >= 4 is 34.1 Å². The van der Waals surface area contributed by atoms with Gasteiger partial charge in [-0.3, -0.25) is 4.79 Å². The minimum absolute atomic E-state index is 0.350. The molecule has 0 spiro atoms. The van der Waals surface area contributed by atoms with Gasteiger partial charge in [0.05, 0.1) is 6.54 Å². The first-order chi connectivity index (χ1) is 6.68. The van der Waals surface area contributed by atoms with Gasteiger partial charge in [-0.15, -0.1) is 0 Å². The number of hydrogen-bond acceptors (Lipinski definition) is 2. The molecule has 0 bridgehead atoms. The average molecular weight is 301 g/mol. The molecule has 1 aliphatic rings. The molecule has 0 radical (unpaired) electrons. The van der Waals surface area contributed by atoms with Gasteiger partial charge in [0.1, 0.15) is 0 Å². The molecule has 1 fully saturated rings. The van der Waals surface area contributed by atoms with Crippen molar-refractivity contribution in [3.8, 4) is 0 Å². The molecule has 0 atom stereocenters. The van der Waals surface area contributed by atoms with Gasteiger partial charge >= 0.3 is 0 Å². The summed E-state index contributed by atoms with van der Waals surface area (Å²) in [6.45, 7) is 3.57. The van der Waals surface area contributed by atoms with Crippen LogP contribution in [0.25, 0.3) is 0 Å². The van der Waals surface area contributed by atoms with Crippen LogP contribution >= 0.6 is 22.6 Å². The number of rotatable bonds is 1. The van der Waals surface area contributed by atoms with Gasteiger partial charge in [0.25, 0.3) is 0 Å². The zero-order valence-corrected chi connectivity index (χ0v) is 10.2. The smallest absolute Gasteiger partial charge is 0.153 e. The summed E-state index contributed by atoms with van der Waals surface area (Å²) in [6.07, 6.45) is 0.699. The van der Waals surface area contributed by atoms with E-state index in [9.17, 15) is 4.79 Å². The van der Waals surface area contributed by atoms with Crippen LogP contribution in [-0.4, -0.2) is 18.9 Å². The predicted octanol–water partition coefficient (Wildman–Crippen LogP) is 2.38. The summed E-state index contributed by atoms with van der Waals surface area (Å²) in [4.78, 5) is 13.3. The molecule has 1 aliphatic heterocycles. The van der Waals surface area contributed by atoms with Gasteiger partial charge < -0.3 is 4.90 Å². The average Bonchev–Trinajstić information content (AvgIpc) is 2.57. The Balaban J connectivity index is 2.32. The fourth-order valence-corrected chi connectivity index (χ4v) is 2.26. The highest BCUT2D eigenvalue weighted by Gasteiger charge is 2.20. The zero-order chi connectivity index (χ0) is 10.1. The van der Waals surface area contributed by atoms with Crippen LogP contribution in [0.2, 0.25) is 0 Å². The Morgan fingerprint density at radius 2 is 2.21 bits per heavy atom. The summed E-state index contributed by atoms with van der Waals surface area (Å²) < 4.78 is 1.26. The number of benzene rings is 1. The SMILES string of the molecule is Cc1c(I)cccc1N1CCC(=O)C1. The molecule has 1 heterocycles. The second-order valence-corrected chi connectivity index (χ2v) is 4.76. The number of carbonyl (C=O) groups excluding carboxylic acids is 1. The highest BCUT2D eigenvalue weighted by molar-refractivity contribution is 14.1. The lowest BCUT2D eigenvalue weighted by molar-refractivity contribution is -0.116. The van der Waals surface area contributed by atoms with E-state index < -0.39 is 0 Å². The second-order valence-electron chi connectivity index (χ2n) is 3.59. The van der Waals surface area contributed by atoms with E-state index in [1.807, 2.05) is 6.07 Å². The molecule has 0 aromatic heterocycles. The van der Waals surface area contributed by atoms with Gasteiger partial charge in [-0.1, -0.05) is 6.07 Å². The molecule has 3 heteroatoms. The van der Waals surface area contributed by atoms with Crippen molar-refractivity contribution in [2.75, 3.05) is 18.0 Å². The molecule has 2 nitrogen and oxygen atoms in total. The van der Waals surface area contributed by atoms with Crippen molar-refractivity contribution in [1.29, 1.82) is 0 Å². The number of hydrogen-bond donors (Lipinski definition) is 0. The van der Waals surface area contributed by atoms with E-state index in [0.717, 1.165) is 6.54 Å². The van der Waals surface area contributed by atoms with Gasteiger partial charge in [-0.05, 0) is 47.2 Å². The molecule has 0 saturated carbocycles. The molecule has 1 saturated heterocycles. The van der Waals surface area contributed by atoms with Crippen molar-refractivity contribution in [3.05, 3.63) is 27.3 Å². The lowest BCUT2D eigenvalue weighted by Gasteiger charge is -2.19. The van der Waals surface area contributed by atoms with Crippen LogP contribution < -0.4 is 4.90 Å². The van der Waals surface area contributed by atoms with Gasteiger partial charge in [0, 0.05) is 22.2 Å². The van der Waals surface area contributed by atoms with Crippen LogP contribution in [-0.2, 0) is 4.79 Å². The first-order valence-electron chi connectivity index (χ1n) is 4.70. The summed E-state index contributed by atoms with van der Waals surface area (Å²) in [5, 5.41) is 0. The normalized spacial score (nSPS) is 16.4. The van der Waals surface area contributed by atoms with E-state index in [-0.39, 0.29) is 0 Å². The first kappa shape index (κ1) is 9.96. The third kappa shape index (κ3) is 1.78. The van der Waals surface area contributed by atoms with Crippen LogP contribution in [0.3, 0.4) is 0 Å².